The minimum atomic E-state index is -5.41. The molecule has 0 unspecified atom stereocenters. The van der Waals surface area contributed by atoms with Crippen molar-refractivity contribution in [2.75, 3.05) is 0 Å². The molecule has 0 radical (unpaired) electrons. The van der Waals surface area contributed by atoms with Crippen molar-refractivity contribution >= 4 is 0 Å². The number of rotatable bonds is 4. The summed E-state index contributed by atoms with van der Waals surface area (Å²) < 4.78 is 119. The van der Waals surface area contributed by atoms with Gasteiger partial charge in [-0.15, -0.1) is 6.07 Å². The van der Waals surface area contributed by atoms with Gasteiger partial charge in [0.25, 0.3) is 0 Å². The molecule has 204 valence electrons. The zero-order valence-electron chi connectivity index (χ0n) is 18.9. The van der Waals surface area contributed by atoms with Crippen LogP contribution in [0.15, 0.2) is 42.5 Å². The second-order valence-electron chi connectivity index (χ2n) is 8.25. The van der Waals surface area contributed by atoms with E-state index in [0.29, 0.717) is 6.07 Å². The van der Waals surface area contributed by atoms with Crippen LogP contribution in [-0.2, 0) is 45.0 Å². The molecule has 0 aliphatic carbocycles. The molecular weight excluding hydrogens is 714 g/mol. The van der Waals surface area contributed by atoms with Gasteiger partial charge in [-0.2, -0.15) is 39.5 Å². The van der Waals surface area contributed by atoms with E-state index in [1.165, 1.54) is 30.3 Å². The van der Waals surface area contributed by atoms with Gasteiger partial charge in [0.1, 0.15) is 5.69 Å². The summed E-state index contributed by atoms with van der Waals surface area (Å²) in [5.41, 5.74) is -7.87. The molecule has 0 aliphatic rings. The summed E-state index contributed by atoms with van der Waals surface area (Å²) in [5.74, 6) is -0.0340. The smallest absolute Gasteiger partial charge is 0.573 e. The third-order valence-electron chi connectivity index (χ3n) is 5.32. The van der Waals surface area contributed by atoms with Crippen molar-refractivity contribution in [2.24, 2.45) is 0 Å². The fraction of sp³-hybridized carbons (Fsp3) is 0.273. The zero-order valence-corrected chi connectivity index (χ0v) is 21.2. The van der Waals surface area contributed by atoms with E-state index in [2.05, 4.69) is 31.5 Å². The molecular formula is C22H13F9N6Pt. The number of nitrogens with zero attached hydrogens (tertiary/aromatic N) is 6. The molecule has 0 aromatic carbocycles. The maximum absolute atomic E-state index is 13.5. The summed E-state index contributed by atoms with van der Waals surface area (Å²) >= 11 is 0. The first-order valence-corrected chi connectivity index (χ1v) is 10.2. The molecule has 0 N–H and O–H groups in total. The average molecular weight is 727 g/mol. The molecule has 4 heterocycles. The second-order valence-corrected chi connectivity index (χ2v) is 8.25. The summed E-state index contributed by atoms with van der Waals surface area (Å²) in [6, 6.07) is 8.71. The fourth-order valence-corrected chi connectivity index (χ4v) is 3.44. The van der Waals surface area contributed by atoms with E-state index in [0.717, 1.165) is 10.7 Å². The predicted octanol–water partition coefficient (Wildman–Crippen LogP) is 5.86. The van der Waals surface area contributed by atoms with Gasteiger partial charge >= 0.3 is 39.6 Å². The van der Waals surface area contributed by atoms with E-state index >= 15 is 0 Å². The van der Waals surface area contributed by atoms with Crippen molar-refractivity contribution in [3.63, 3.8) is 0 Å². The second kappa shape index (κ2) is 9.82. The molecule has 4 aromatic rings. The number of aromatic nitrogens is 6. The molecule has 4 rings (SSSR count). The minimum absolute atomic E-state index is 0. The molecule has 0 saturated heterocycles. The quantitative estimate of drug-likeness (QED) is 0.195. The van der Waals surface area contributed by atoms with Gasteiger partial charge in [0.15, 0.2) is 0 Å². The Morgan fingerprint density at radius 3 is 1.92 bits per heavy atom. The first-order valence-electron chi connectivity index (χ1n) is 10.2. The van der Waals surface area contributed by atoms with Gasteiger partial charge in [-0.25, -0.2) is 0 Å². The van der Waals surface area contributed by atoms with E-state index in [4.69, 9.17) is 0 Å². The molecule has 0 saturated carbocycles. The molecule has 0 bridgehead atoms. The van der Waals surface area contributed by atoms with Crippen molar-refractivity contribution < 1.29 is 60.6 Å². The molecule has 16 heteroatoms. The van der Waals surface area contributed by atoms with Crippen LogP contribution in [0.1, 0.15) is 42.2 Å². The van der Waals surface area contributed by atoms with Crippen LogP contribution in [0.2, 0.25) is 0 Å². The van der Waals surface area contributed by atoms with Crippen molar-refractivity contribution in [2.45, 2.75) is 37.8 Å². The molecule has 38 heavy (non-hydrogen) atoms. The topological polar surface area (TPSA) is 70.6 Å². The Kier molecular flexibility index (Phi) is 7.58. The first kappa shape index (κ1) is 29.3. The van der Waals surface area contributed by atoms with Gasteiger partial charge in [-0.3, -0.25) is 15.1 Å². The van der Waals surface area contributed by atoms with Gasteiger partial charge in [0.05, 0.1) is 28.5 Å². The molecule has 0 amide bonds. The van der Waals surface area contributed by atoms with Crippen LogP contribution in [0.3, 0.4) is 0 Å². The van der Waals surface area contributed by atoms with Gasteiger partial charge in [0, 0.05) is 11.1 Å². The largest absolute Gasteiger partial charge is 2.00 e. The Labute approximate surface area is 222 Å². The van der Waals surface area contributed by atoms with Gasteiger partial charge in [-0.1, -0.05) is 30.1 Å². The summed E-state index contributed by atoms with van der Waals surface area (Å²) in [5, 5.41) is 9.22. The van der Waals surface area contributed by atoms with Crippen molar-refractivity contribution in [3.05, 3.63) is 77.0 Å². The van der Waals surface area contributed by atoms with Crippen LogP contribution in [0.5, 0.6) is 0 Å². The number of pyridine rings is 2. The van der Waals surface area contributed by atoms with E-state index in [9.17, 15) is 39.5 Å². The standard InChI is InChI=1S/C22H13F9N6.Pt/c1-19(2,13-7-4-8-15(33-13)37-10-9-14(36-37)20(23,24)25)12-6-3-5-11(32-12)17-16(21(26,27)28)18(35-34-17)22(29,30)31;/h3-9H,1-2H3;/q-2;+2. The SMILES string of the molecule is CC(C)(c1cccc(-c2[n-]nc(C(F)(F)F)c2C(F)(F)F)n1)c1cccc(-n2[c-]cc(C(F)(F)F)n2)n1.[Pt+2]. The third kappa shape index (κ3) is 5.62. The molecule has 0 fully saturated rings. The number of hydrogen-bond donors (Lipinski definition) is 0. The normalized spacial score (nSPS) is 12.9. The Bertz CT molecular complexity index is 1430. The van der Waals surface area contributed by atoms with E-state index in [-0.39, 0.29) is 38.3 Å². The number of alkyl halides is 9. The third-order valence-corrected chi connectivity index (χ3v) is 5.32. The summed E-state index contributed by atoms with van der Waals surface area (Å²) in [7, 11) is 0. The molecule has 6 nitrogen and oxygen atoms in total. The Balaban J connectivity index is 0.00000400. The van der Waals surface area contributed by atoms with Crippen molar-refractivity contribution in [1.29, 1.82) is 0 Å². The minimum Gasteiger partial charge on any atom is -0.573 e. The van der Waals surface area contributed by atoms with Crippen LogP contribution in [-0.4, -0.2) is 24.8 Å². The van der Waals surface area contributed by atoms with Crippen molar-refractivity contribution in [3.8, 4) is 17.2 Å². The summed E-state index contributed by atoms with van der Waals surface area (Å²) in [6.45, 7) is 3.14. The van der Waals surface area contributed by atoms with Crippen LogP contribution in [0.4, 0.5) is 39.5 Å². The van der Waals surface area contributed by atoms with E-state index < -0.39 is 52.3 Å². The molecule has 4 aromatic heterocycles. The Hall–Kier alpha value is -3.22. The van der Waals surface area contributed by atoms with Gasteiger partial charge < -0.3 is 14.9 Å². The molecule has 0 spiro atoms. The maximum atomic E-state index is 13.5. The predicted molar refractivity (Wildman–Crippen MR) is 108 cm³/mol. The first-order chi connectivity index (χ1) is 17.0. The van der Waals surface area contributed by atoms with Crippen LogP contribution >= 0.6 is 0 Å². The van der Waals surface area contributed by atoms with Crippen LogP contribution in [0.25, 0.3) is 17.2 Å². The van der Waals surface area contributed by atoms with E-state index in [1.54, 1.807) is 13.8 Å². The van der Waals surface area contributed by atoms with Crippen LogP contribution < -0.4 is 5.10 Å². The summed E-state index contributed by atoms with van der Waals surface area (Å²) in [6.07, 6.45) is -13.2. The zero-order chi connectivity index (χ0) is 27.4. The fourth-order valence-electron chi connectivity index (χ4n) is 3.44. The molecule has 0 atom stereocenters. The number of halogens is 9. The Morgan fingerprint density at radius 2 is 1.37 bits per heavy atom. The van der Waals surface area contributed by atoms with Crippen molar-refractivity contribution in [1.82, 2.24) is 29.9 Å². The van der Waals surface area contributed by atoms with Gasteiger partial charge in [0.2, 0.25) is 0 Å². The number of hydrogen-bond acceptors (Lipinski definition) is 4. The molecule has 0 aliphatic heterocycles. The van der Waals surface area contributed by atoms with Crippen LogP contribution in [0, 0.1) is 6.20 Å². The summed E-state index contributed by atoms with van der Waals surface area (Å²) in [4.78, 5) is 8.40. The van der Waals surface area contributed by atoms with E-state index in [1.807, 2.05) is 0 Å². The Morgan fingerprint density at radius 1 is 0.763 bits per heavy atom. The average Bonchev–Trinajstić information content (AvgIpc) is 3.47. The monoisotopic (exact) mass is 727 g/mol. The van der Waals surface area contributed by atoms with Gasteiger partial charge in [-0.05, 0) is 32.0 Å². The maximum Gasteiger partial charge on any atom is 2.00 e.